The van der Waals surface area contributed by atoms with Crippen LogP contribution < -0.4 is 5.73 Å². The second kappa shape index (κ2) is 5.95. The summed E-state index contributed by atoms with van der Waals surface area (Å²) in [5.41, 5.74) is 7.04. The van der Waals surface area contributed by atoms with Gasteiger partial charge >= 0.3 is 0 Å². The molecule has 84 valence electrons. The van der Waals surface area contributed by atoms with Crippen molar-refractivity contribution < 1.29 is 9.84 Å². The third kappa shape index (κ3) is 3.38. The molecule has 3 nitrogen and oxygen atoms in total. The van der Waals surface area contributed by atoms with E-state index in [2.05, 4.69) is 0 Å². The number of rotatable bonds is 5. The van der Waals surface area contributed by atoms with Crippen LogP contribution >= 0.6 is 11.6 Å². The number of phenolic OH excluding ortho intramolecular Hbond substituents is 1. The second-order valence-electron chi connectivity index (χ2n) is 3.40. The Kier molecular flexibility index (Phi) is 4.88. The van der Waals surface area contributed by atoms with Gasteiger partial charge in [0, 0.05) is 12.1 Å². The fourth-order valence-corrected chi connectivity index (χ4v) is 1.65. The number of aryl methyl sites for hydroxylation is 1. The first-order valence-corrected chi connectivity index (χ1v) is 5.26. The number of hydrogen-bond donors (Lipinski definition) is 2. The maximum absolute atomic E-state index is 9.71. The number of methoxy groups -OCH3 is 1. The van der Waals surface area contributed by atoms with Crippen molar-refractivity contribution in [2.45, 2.75) is 19.4 Å². The topological polar surface area (TPSA) is 55.5 Å². The van der Waals surface area contributed by atoms with Crippen LogP contribution in [0.2, 0.25) is 5.02 Å². The van der Waals surface area contributed by atoms with E-state index in [-0.39, 0.29) is 5.75 Å². The van der Waals surface area contributed by atoms with E-state index in [0.29, 0.717) is 18.2 Å². The molecule has 0 saturated carbocycles. The van der Waals surface area contributed by atoms with Gasteiger partial charge in [0.05, 0.1) is 6.61 Å². The first-order valence-electron chi connectivity index (χ1n) is 4.88. The minimum absolute atomic E-state index is 0.264. The largest absolute Gasteiger partial charge is 0.508 e. The van der Waals surface area contributed by atoms with E-state index in [4.69, 9.17) is 22.1 Å². The van der Waals surface area contributed by atoms with Crippen LogP contribution in [0.1, 0.15) is 17.5 Å². The SMILES string of the molecule is COCc1cc(O)c(CCCN)cc1Cl. The van der Waals surface area contributed by atoms with Gasteiger partial charge in [0.15, 0.2) is 0 Å². The van der Waals surface area contributed by atoms with E-state index in [0.717, 1.165) is 24.0 Å². The van der Waals surface area contributed by atoms with Crippen LogP contribution in [0.25, 0.3) is 0 Å². The summed E-state index contributed by atoms with van der Waals surface area (Å²) in [5.74, 6) is 0.264. The highest BCUT2D eigenvalue weighted by Gasteiger charge is 2.07. The minimum Gasteiger partial charge on any atom is -0.508 e. The van der Waals surface area contributed by atoms with E-state index in [1.165, 1.54) is 0 Å². The first kappa shape index (κ1) is 12.3. The van der Waals surface area contributed by atoms with Gasteiger partial charge in [-0.1, -0.05) is 11.6 Å². The molecule has 0 heterocycles. The molecule has 0 amide bonds. The molecule has 0 saturated heterocycles. The normalized spacial score (nSPS) is 10.6. The minimum atomic E-state index is 0.264. The Morgan fingerprint density at radius 1 is 1.40 bits per heavy atom. The zero-order valence-electron chi connectivity index (χ0n) is 8.79. The van der Waals surface area contributed by atoms with Crippen LogP contribution in [0, 0.1) is 0 Å². The molecule has 1 aromatic rings. The number of benzene rings is 1. The molecule has 0 spiro atoms. The molecule has 4 heteroatoms. The second-order valence-corrected chi connectivity index (χ2v) is 3.80. The first-order chi connectivity index (χ1) is 7.19. The summed E-state index contributed by atoms with van der Waals surface area (Å²) in [5, 5.41) is 10.3. The lowest BCUT2D eigenvalue weighted by Crippen LogP contribution is -2.01. The van der Waals surface area contributed by atoms with E-state index in [1.54, 1.807) is 19.2 Å². The lowest BCUT2D eigenvalue weighted by Gasteiger charge is -2.08. The zero-order valence-corrected chi connectivity index (χ0v) is 9.55. The third-order valence-electron chi connectivity index (χ3n) is 2.20. The van der Waals surface area contributed by atoms with Gasteiger partial charge in [0.1, 0.15) is 5.75 Å². The van der Waals surface area contributed by atoms with Crippen molar-refractivity contribution in [2.24, 2.45) is 5.73 Å². The standard InChI is InChI=1S/C11H16ClNO2/c1-15-7-9-6-11(14)8(3-2-4-13)5-10(9)12/h5-6,14H,2-4,7,13H2,1H3. The molecule has 0 fully saturated rings. The number of aromatic hydroxyl groups is 1. The molecule has 3 N–H and O–H groups in total. The Balaban J connectivity index is 2.87. The fourth-order valence-electron chi connectivity index (χ4n) is 1.41. The molecule has 0 atom stereocenters. The Morgan fingerprint density at radius 3 is 2.73 bits per heavy atom. The molecule has 0 aliphatic heterocycles. The quantitative estimate of drug-likeness (QED) is 0.813. The number of hydrogen-bond acceptors (Lipinski definition) is 3. The van der Waals surface area contributed by atoms with Crippen LogP contribution in [0.15, 0.2) is 12.1 Å². The molecular weight excluding hydrogens is 214 g/mol. The van der Waals surface area contributed by atoms with E-state index < -0.39 is 0 Å². The lowest BCUT2D eigenvalue weighted by molar-refractivity contribution is 0.184. The van der Waals surface area contributed by atoms with Crippen LogP contribution in [0.5, 0.6) is 5.75 Å². The Labute approximate surface area is 94.8 Å². The summed E-state index contributed by atoms with van der Waals surface area (Å²) in [7, 11) is 1.59. The summed E-state index contributed by atoms with van der Waals surface area (Å²) in [6, 6.07) is 3.43. The molecular formula is C11H16ClNO2. The van der Waals surface area contributed by atoms with Gasteiger partial charge in [0.25, 0.3) is 0 Å². The molecule has 0 bridgehead atoms. The van der Waals surface area contributed by atoms with Crippen molar-refractivity contribution in [1.29, 1.82) is 0 Å². The smallest absolute Gasteiger partial charge is 0.119 e. The number of nitrogens with two attached hydrogens (primary N) is 1. The maximum atomic E-state index is 9.71. The number of ether oxygens (including phenoxy) is 1. The van der Waals surface area contributed by atoms with Crippen LogP contribution in [-0.4, -0.2) is 18.8 Å². The summed E-state index contributed by atoms with van der Waals surface area (Å²) in [6.45, 7) is 1.01. The summed E-state index contributed by atoms with van der Waals surface area (Å²) in [4.78, 5) is 0. The van der Waals surface area contributed by atoms with Gasteiger partial charge in [-0.3, -0.25) is 0 Å². The molecule has 15 heavy (non-hydrogen) atoms. The molecule has 1 aromatic carbocycles. The summed E-state index contributed by atoms with van der Waals surface area (Å²) in [6.07, 6.45) is 1.59. The van der Waals surface area contributed by atoms with Gasteiger partial charge < -0.3 is 15.6 Å². The third-order valence-corrected chi connectivity index (χ3v) is 2.55. The Morgan fingerprint density at radius 2 is 2.13 bits per heavy atom. The van der Waals surface area contributed by atoms with Crippen LogP contribution in [0.3, 0.4) is 0 Å². The highest BCUT2D eigenvalue weighted by molar-refractivity contribution is 6.31. The molecule has 0 aromatic heterocycles. The molecule has 0 aliphatic rings. The average molecular weight is 230 g/mol. The van der Waals surface area contributed by atoms with Gasteiger partial charge in [-0.15, -0.1) is 0 Å². The van der Waals surface area contributed by atoms with E-state index in [1.807, 2.05) is 0 Å². The van der Waals surface area contributed by atoms with Gasteiger partial charge in [-0.2, -0.15) is 0 Å². The molecule has 0 radical (unpaired) electrons. The van der Waals surface area contributed by atoms with Crippen molar-refractivity contribution in [3.63, 3.8) is 0 Å². The van der Waals surface area contributed by atoms with Crippen molar-refractivity contribution in [1.82, 2.24) is 0 Å². The highest BCUT2D eigenvalue weighted by Crippen LogP contribution is 2.27. The number of phenols is 1. The number of halogens is 1. The van der Waals surface area contributed by atoms with Gasteiger partial charge in [0.2, 0.25) is 0 Å². The zero-order chi connectivity index (χ0) is 11.3. The predicted octanol–water partition coefficient (Wildman–Crippen LogP) is 2.08. The molecule has 0 unspecified atom stereocenters. The van der Waals surface area contributed by atoms with Crippen LogP contribution in [0.4, 0.5) is 0 Å². The maximum Gasteiger partial charge on any atom is 0.119 e. The monoisotopic (exact) mass is 229 g/mol. The van der Waals surface area contributed by atoms with Gasteiger partial charge in [-0.05, 0) is 42.6 Å². The van der Waals surface area contributed by atoms with E-state index in [9.17, 15) is 5.11 Å². The molecule has 1 rings (SSSR count). The predicted molar refractivity (Wildman–Crippen MR) is 61.2 cm³/mol. The van der Waals surface area contributed by atoms with Crippen molar-refractivity contribution >= 4 is 11.6 Å². The fraction of sp³-hybridized carbons (Fsp3) is 0.455. The molecule has 0 aliphatic carbocycles. The Hall–Kier alpha value is -0.770. The van der Waals surface area contributed by atoms with Gasteiger partial charge in [-0.25, -0.2) is 0 Å². The lowest BCUT2D eigenvalue weighted by atomic mass is 10.1. The highest BCUT2D eigenvalue weighted by atomic mass is 35.5. The summed E-state index contributed by atoms with van der Waals surface area (Å²) < 4.78 is 4.97. The van der Waals surface area contributed by atoms with E-state index >= 15 is 0 Å². The van der Waals surface area contributed by atoms with Crippen molar-refractivity contribution in [3.8, 4) is 5.75 Å². The summed E-state index contributed by atoms with van der Waals surface area (Å²) >= 11 is 6.04. The van der Waals surface area contributed by atoms with Crippen molar-refractivity contribution in [3.05, 3.63) is 28.3 Å². The van der Waals surface area contributed by atoms with Crippen LogP contribution in [-0.2, 0) is 17.8 Å². The average Bonchev–Trinajstić information content (AvgIpc) is 2.21. The Bertz CT molecular complexity index is 329. The van der Waals surface area contributed by atoms with Crippen molar-refractivity contribution in [2.75, 3.05) is 13.7 Å².